The lowest BCUT2D eigenvalue weighted by Gasteiger charge is -2.20. The maximum absolute atomic E-state index is 12.5. The molecular weight excluding hydrogens is 971 g/mol. The number of esters is 1. The van der Waals surface area contributed by atoms with E-state index in [2.05, 4.69) is 19.2 Å². The molecule has 0 aromatic rings. The molecule has 0 rings (SSSR count). The maximum atomic E-state index is 12.5. The second-order valence-electron chi connectivity index (χ2n) is 25.3. The van der Waals surface area contributed by atoms with Gasteiger partial charge in [-0.15, -0.1) is 0 Å². The van der Waals surface area contributed by atoms with Gasteiger partial charge in [-0.25, -0.2) is 0 Å². The van der Waals surface area contributed by atoms with E-state index in [0.717, 1.165) is 38.5 Å². The topological polar surface area (TPSA) is 95.9 Å². The largest absolute Gasteiger partial charge is 0.466 e. The zero-order valence-electron chi connectivity index (χ0n) is 53.9. The highest BCUT2D eigenvalue weighted by Gasteiger charge is 2.18. The Hall–Kier alpha value is -1.40. The van der Waals surface area contributed by atoms with Crippen LogP contribution in [0.1, 0.15) is 418 Å². The van der Waals surface area contributed by atoms with Crippen LogP contribution in [0.4, 0.5) is 0 Å². The van der Waals surface area contributed by atoms with Crippen LogP contribution in [-0.4, -0.2) is 47.4 Å². The van der Waals surface area contributed by atoms with Gasteiger partial charge in [0.2, 0.25) is 5.91 Å². The summed E-state index contributed by atoms with van der Waals surface area (Å²) in [5, 5.41) is 23.2. The fourth-order valence-electron chi connectivity index (χ4n) is 11.8. The normalized spacial score (nSPS) is 12.5. The van der Waals surface area contributed by atoms with Crippen molar-refractivity contribution in [2.45, 2.75) is 431 Å². The predicted molar refractivity (Wildman–Crippen MR) is 347 cm³/mol. The summed E-state index contributed by atoms with van der Waals surface area (Å²) in [6, 6.07) is -0.628. The highest BCUT2D eigenvalue weighted by Crippen LogP contribution is 2.19. The van der Waals surface area contributed by atoms with Gasteiger partial charge in [-0.3, -0.25) is 9.59 Å². The first-order valence-corrected chi connectivity index (χ1v) is 36.5. The van der Waals surface area contributed by atoms with Crippen molar-refractivity contribution in [1.82, 2.24) is 5.32 Å². The van der Waals surface area contributed by atoms with Crippen LogP contribution in [0.15, 0.2) is 12.2 Å². The molecule has 0 aromatic carbocycles. The molecule has 0 heterocycles. The zero-order valence-corrected chi connectivity index (χ0v) is 53.9. The first-order chi connectivity index (χ1) is 39.0. The van der Waals surface area contributed by atoms with Crippen LogP contribution < -0.4 is 5.32 Å². The van der Waals surface area contributed by atoms with E-state index < -0.39 is 12.1 Å². The van der Waals surface area contributed by atoms with Crippen LogP contribution >= 0.6 is 0 Å². The summed E-state index contributed by atoms with van der Waals surface area (Å²) < 4.78 is 5.52. The molecule has 0 saturated carbocycles. The van der Waals surface area contributed by atoms with E-state index in [4.69, 9.17) is 4.74 Å². The van der Waals surface area contributed by atoms with Gasteiger partial charge in [0.1, 0.15) is 0 Å². The number of ether oxygens (including phenoxy) is 1. The van der Waals surface area contributed by atoms with E-state index in [-0.39, 0.29) is 18.5 Å². The van der Waals surface area contributed by atoms with Crippen molar-refractivity contribution in [1.29, 1.82) is 0 Å². The summed E-state index contributed by atoms with van der Waals surface area (Å²) in [7, 11) is 0. The van der Waals surface area contributed by atoms with Crippen LogP contribution in [0.3, 0.4) is 0 Å². The number of aliphatic hydroxyl groups excluding tert-OH is 2. The van der Waals surface area contributed by atoms with Crippen molar-refractivity contribution >= 4 is 11.9 Å². The fraction of sp³-hybridized carbons (Fsp3) is 0.945. The van der Waals surface area contributed by atoms with E-state index in [1.54, 1.807) is 6.08 Å². The second kappa shape index (κ2) is 69.1. The standard InChI is InChI=1S/C73H143NO5/c1-3-5-7-9-11-13-15-17-19-21-23-30-33-37-41-45-49-53-57-61-65-71(76)70(69-75)74-72(77)66-62-58-54-50-46-42-38-34-31-27-25-24-26-28-32-36-40-44-48-52-56-60-64-68-79-73(78)67-63-59-55-51-47-43-39-35-29-22-20-18-16-14-12-10-8-6-4-2/h61,65,70-71,75-76H,3-60,62-64,66-69H2,1-2H3,(H,74,77)/b65-61+. The van der Waals surface area contributed by atoms with Gasteiger partial charge in [0, 0.05) is 12.8 Å². The summed E-state index contributed by atoms with van der Waals surface area (Å²) in [4.78, 5) is 24.6. The highest BCUT2D eigenvalue weighted by molar-refractivity contribution is 5.76. The lowest BCUT2D eigenvalue weighted by atomic mass is 10.0. The molecule has 0 aliphatic carbocycles. The minimum Gasteiger partial charge on any atom is -0.466 e. The number of nitrogens with one attached hydrogen (secondary N) is 1. The number of unbranched alkanes of at least 4 members (excludes halogenated alkanes) is 58. The van der Waals surface area contributed by atoms with E-state index in [1.807, 2.05) is 6.08 Å². The van der Waals surface area contributed by atoms with Crippen LogP contribution in [0.25, 0.3) is 0 Å². The number of hydrogen-bond acceptors (Lipinski definition) is 5. The Morgan fingerprint density at radius 3 is 0.861 bits per heavy atom. The average molecular weight is 1110 g/mol. The third-order valence-electron chi connectivity index (χ3n) is 17.3. The molecule has 3 N–H and O–H groups in total. The number of allylic oxidation sites excluding steroid dienone is 1. The van der Waals surface area contributed by atoms with Crippen molar-refractivity contribution in [2.24, 2.45) is 0 Å². The third-order valence-corrected chi connectivity index (χ3v) is 17.3. The van der Waals surface area contributed by atoms with Crippen LogP contribution in [0, 0.1) is 0 Å². The summed E-state index contributed by atoms with van der Waals surface area (Å²) in [6.07, 6.45) is 85.8. The number of hydrogen-bond donors (Lipinski definition) is 3. The van der Waals surface area contributed by atoms with Gasteiger partial charge >= 0.3 is 5.97 Å². The molecule has 2 unspecified atom stereocenters. The number of amides is 1. The maximum Gasteiger partial charge on any atom is 0.305 e. The number of rotatable bonds is 69. The summed E-state index contributed by atoms with van der Waals surface area (Å²) in [6.45, 7) is 4.96. The van der Waals surface area contributed by atoms with Crippen LogP contribution in [-0.2, 0) is 14.3 Å². The van der Waals surface area contributed by atoms with E-state index in [9.17, 15) is 19.8 Å². The molecule has 0 spiro atoms. The van der Waals surface area contributed by atoms with Gasteiger partial charge < -0.3 is 20.3 Å². The SMILES string of the molecule is CCCCCCCCCCCCCCCCCCCC/C=C/C(O)C(CO)NC(=O)CCCCCCCCCCCCCCCCCCCCCCCCCOC(=O)CCCCCCCCCCCCCCCCCCCCC. The molecule has 6 nitrogen and oxygen atoms in total. The van der Waals surface area contributed by atoms with E-state index in [0.29, 0.717) is 19.4 Å². The molecule has 79 heavy (non-hydrogen) atoms. The van der Waals surface area contributed by atoms with Crippen molar-refractivity contribution in [3.05, 3.63) is 12.2 Å². The van der Waals surface area contributed by atoms with Crippen molar-refractivity contribution < 1.29 is 24.5 Å². The van der Waals surface area contributed by atoms with E-state index in [1.165, 1.54) is 353 Å². The highest BCUT2D eigenvalue weighted by atomic mass is 16.5. The summed E-state index contributed by atoms with van der Waals surface area (Å²) >= 11 is 0. The summed E-state index contributed by atoms with van der Waals surface area (Å²) in [5.41, 5.74) is 0. The Bertz CT molecular complexity index is 1190. The second-order valence-corrected chi connectivity index (χ2v) is 25.3. The van der Waals surface area contributed by atoms with E-state index >= 15 is 0 Å². The monoisotopic (exact) mass is 1110 g/mol. The quantitative estimate of drug-likeness (QED) is 0.0320. The van der Waals surface area contributed by atoms with Crippen molar-refractivity contribution in [2.75, 3.05) is 13.2 Å². The van der Waals surface area contributed by atoms with Gasteiger partial charge in [0.05, 0.1) is 25.4 Å². The first-order valence-electron chi connectivity index (χ1n) is 36.5. The lowest BCUT2D eigenvalue weighted by Crippen LogP contribution is -2.45. The van der Waals surface area contributed by atoms with Gasteiger partial charge in [0.15, 0.2) is 0 Å². The molecule has 1 amide bonds. The van der Waals surface area contributed by atoms with Gasteiger partial charge in [-0.2, -0.15) is 0 Å². The number of carbonyl (C=O) groups excluding carboxylic acids is 2. The molecule has 0 saturated heterocycles. The minimum atomic E-state index is -0.844. The molecule has 0 aliphatic rings. The predicted octanol–water partition coefficient (Wildman–Crippen LogP) is 23.5. The summed E-state index contributed by atoms with van der Waals surface area (Å²) in [5.74, 6) is -0.0428. The molecule has 470 valence electrons. The van der Waals surface area contributed by atoms with Crippen LogP contribution in [0.5, 0.6) is 0 Å². The Morgan fingerprint density at radius 2 is 0.582 bits per heavy atom. The molecule has 2 atom stereocenters. The number of carbonyl (C=O) groups is 2. The first kappa shape index (κ1) is 77.6. The molecular formula is C73H143NO5. The lowest BCUT2D eigenvalue weighted by molar-refractivity contribution is -0.143. The molecule has 0 aliphatic heterocycles. The van der Waals surface area contributed by atoms with Crippen LogP contribution in [0.2, 0.25) is 0 Å². The molecule has 0 radical (unpaired) electrons. The fourth-order valence-corrected chi connectivity index (χ4v) is 11.8. The Morgan fingerprint density at radius 1 is 0.342 bits per heavy atom. The average Bonchev–Trinajstić information content (AvgIpc) is 3.45. The Balaban J connectivity index is 3.37. The molecule has 0 aromatic heterocycles. The van der Waals surface area contributed by atoms with Crippen molar-refractivity contribution in [3.8, 4) is 0 Å². The molecule has 0 fully saturated rings. The van der Waals surface area contributed by atoms with Gasteiger partial charge in [0.25, 0.3) is 0 Å². The molecule has 0 bridgehead atoms. The third kappa shape index (κ3) is 65.6. The Labute approximate surface area is 495 Å². The number of aliphatic hydroxyl groups is 2. The Kier molecular flexibility index (Phi) is 67.9. The van der Waals surface area contributed by atoms with Gasteiger partial charge in [-0.05, 0) is 32.1 Å². The van der Waals surface area contributed by atoms with Gasteiger partial charge in [-0.1, -0.05) is 386 Å². The molecule has 6 heteroatoms. The zero-order chi connectivity index (χ0) is 57.1. The smallest absolute Gasteiger partial charge is 0.305 e. The minimum absolute atomic E-state index is 0.0200. The van der Waals surface area contributed by atoms with Crippen molar-refractivity contribution in [3.63, 3.8) is 0 Å².